The third-order valence-corrected chi connectivity index (χ3v) is 2.60. The van der Waals surface area contributed by atoms with E-state index in [-0.39, 0.29) is 6.01 Å². The van der Waals surface area contributed by atoms with Gasteiger partial charge in [0.25, 0.3) is 0 Å². The molecule has 0 spiro atoms. The van der Waals surface area contributed by atoms with Gasteiger partial charge in [0.15, 0.2) is 5.82 Å². The lowest BCUT2D eigenvalue weighted by molar-refractivity contribution is -0.123. The summed E-state index contributed by atoms with van der Waals surface area (Å²) in [6, 6.07) is 2.07. The molecule has 0 aliphatic rings. The number of carbonyl (C=O) groups excluding carboxylic acids is 1. The molecule has 1 amide bonds. The number of hydrogen-bond donors (Lipinski definition) is 1. The standard InChI is InChI=1S/C10H14N4O2/c1-4-10(5-2,6-11)8(15)13-9-12-7(3)14-16-9/h4-5H2,1-3H3,(H,12,13,14,15). The molecule has 16 heavy (non-hydrogen) atoms. The fourth-order valence-electron chi connectivity index (χ4n) is 1.34. The van der Waals surface area contributed by atoms with Crippen LogP contribution in [0, 0.1) is 23.7 Å². The van der Waals surface area contributed by atoms with Crippen molar-refractivity contribution in [3.8, 4) is 6.07 Å². The van der Waals surface area contributed by atoms with Crippen molar-refractivity contribution >= 4 is 11.9 Å². The van der Waals surface area contributed by atoms with Gasteiger partial charge >= 0.3 is 6.01 Å². The zero-order chi connectivity index (χ0) is 12.2. The van der Waals surface area contributed by atoms with Crippen LogP contribution in [0.1, 0.15) is 32.5 Å². The second-order valence-electron chi connectivity index (χ2n) is 3.50. The number of nitriles is 1. The Hall–Kier alpha value is -1.90. The molecule has 86 valence electrons. The van der Waals surface area contributed by atoms with Gasteiger partial charge in [0.05, 0.1) is 6.07 Å². The van der Waals surface area contributed by atoms with Crippen molar-refractivity contribution in [3.05, 3.63) is 5.82 Å². The highest BCUT2D eigenvalue weighted by molar-refractivity contribution is 5.95. The molecule has 1 N–H and O–H groups in total. The molecule has 6 nitrogen and oxygen atoms in total. The molecule has 1 heterocycles. The molecular weight excluding hydrogens is 208 g/mol. The Kier molecular flexibility index (Phi) is 3.61. The lowest BCUT2D eigenvalue weighted by Crippen LogP contribution is -2.34. The number of hydrogen-bond acceptors (Lipinski definition) is 5. The molecule has 0 saturated carbocycles. The van der Waals surface area contributed by atoms with Crippen molar-refractivity contribution in [1.29, 1.82) is 5.26 Å². The third kappa shape index (κ3) is 2.19. The zero-order valence-corrected chi connectivity index (χ0v) is 9.57. The van der Waals surface area contributed by atoms with Crippen LogP contribution < -0.4 is 5.32 Å². The van der Waals surface area contributed by atoms with Crippen LogP contribution in [0.2, 0.25) is 0 Å². The summed E-state index contributed by atoms with van der Waals surface area (Å²) >= 11 is 0. The first-order valence-corrected chi connectivity index (χ1v) is 5.11. The Balaban J connectivity index is 2.82. The highest BCUT2D eigenvalue weighted by atomic mass is 16.5. The average molecular weight is 222 g/mol. The topological polar surface area (TPSA) is 91.8 Å². The van der Waals surface area contributed by atoms with Crippen LogP contribution in [0.4, 0.5) is 6.01 Å². The average Bonchev–Trinajstić information content (AvgIpc) is 2.67. The molecule has 0 fully saturated rings. The minimum atomic E-state index is -1.03. The smallest absolute Gasteiger partial charge is 0.315 e. The highest BCUT2D eigenvalue weighted by Gasteiger charge is 2.35. The molecular formula is C10H14N4O2. The van der Waals surface area contributed by atoms with Gasteiger partial charge in [0, 0.05) is 0 Å². The minimum absolute atomic E-state index is 0.0315. The van der Waals surface area contributed by atoms with Gasteiger partial charge in [-0.2, -0.15) is 10.2 Å². The number of carbonyl (C=O) groups is 1. The summed E-state index contributed by atoms with van der Waals surface area (Å²) in [5.41, 5.74) is -1.03. The van der Waals surface area contributed by atoms with Crippen LogP contribution >= 0.6 is 0 Å². The van der Waals surface area contributed by atoms with Crippen LogP contribution in [0.5, 0.6) is 0 Å². The van der Waals surface area contributed by atoms with E-state index in [9.17, 15) is 4.79 Å². The van der Waals surface area contributed by atoms with Gasteiger partial charge in [0.1, 0.15) is 5.41 Å². The fraction of sp³-hybridized carbons (Fsp3) is 0.600. The molecule has 1 aromatic rings. The molecule has 0 radical (unpaired) electrons. The Labute approximate surface area is 93.6 Å². The van der Waals surface area contributed by atoms with Crippen molar-refractivity contribution in [2.24, 2.45) is 5.41 Å². The highest BCUT2D eigenvalue weighted by Crippen LogP contribution is 2.26. The summed E-state index contributed by atoms with van der Waals surface area (Å²) < 4.78 is 4.76. The largest absolute Gasteiger partial charge is 0.328 e. The normalized spacial score (nSPS) is 10.9. The SMILES string of the molecule is CCC(C#N)(CC)C(=O)Nc1nc(C)no1. The van der Waals surface area contributed by atoms with Crippen LogP contribution in [0.15, 0.2) is 4.52 Å². The van der Waals surface area contributed by atoms with Crippen LogP contribution in [0.3, 0.4) is 0 Å². The molecule has 0 unspecified atom stereocenters. The van der Waals surface area contributed by atoms with Crippen LogP contribution in [-0.2, 0) is 4.79 Å². The quantitative estimate of drug-likeness (QED) is 0.836. The van der Waals surface area contributed by atoms with E-state index < -0.39 is 11.3 Å². The molecule has 0 atom stereocenters. The Bertz CT molecular complexity index is 415. The molecule has 1 aromatic heterocycles. The van der Waals surface area contributed by atoms with Crippen molar-refractivity contribution in [1.82, 2.24) is 10.1 Å². The molecule has 0 aromatic carbocycles. The van der Waals surface area contributed by atoms with Gasteiger partial charge in [0.2, 0.25) is 5.91 Å². The molecule has 0 bridgehead atoms. The maximum absolute atomic E-state index is 11.9. The predicted molar refractivity (Wildman–Crippen MR) is 56.3 cm³/mol. The van der Waals surface area contributed by atoms with E-state index >= 15 is 0 Å². The van der Waals surface area contributed by atoms with Crippen LogP contribution in [0.25, 0.3) is 0 Å². The van der Waals surface area contributed by atoms with Gasteiger partial charge in [-0.1, -0.05) is 19.0 Å². The molecule has 0 aliphatic carbocycles. The molecule has 0 saturated heterocycles. The molecule has 1 rings (SSSR count). The fourth-order valence-corrected chi connectivity index (χ4v) is 1.34. The van der Waals surface area contributed by atoms with Gasteiger partial charge in [-0.15, -0.1) is 0 Å². The second kappa shape index (κ2) is 4.75. The summed E-state index contributed by atoms with van der Waals surface area (Å²) in [7, 11) is 0. The van der Waals surface area contributed by atoms with Gasteiger partial charge in [-0.05, 0) is 19.8 Å². The second-order valence-corrected chi connectivity index (χ2v) is 3.50. The third-order valence-electron chi connectivity index (χ3n) is 2.60. The Morgan fingerprint density at radius 3 is 2.56 bits per heavy atom. The lowest BCUT2D eigenvalue weighted by Gasteiger charge is -2.20. The Morgan fingerprint density at radius 2 is 2.19 bits per heavy atom. The first kappa shape index (κ1) is 12.2. The van der Waals surface area contributed by atoms with Gasteiger partial charge < -0.3 is 4.52 Å². The van der Waals surface area contributed by atoms with Crippen molar-refractivity contribution in [3.63, 3.8) is 0 Å². The van der Waals surface area contributed by atoms with E-state index in [4.69, 9.17) is 9.78 Å². The maximum atomic E-state index is 11.9. The monoisotopic (exact) mass is 222 g/mol. The van der Waals surface area contributed by atoms with E-state index in [2.05, 4.69) is 15.5 Å². The minimum Gasteiger partial charge on any atom is -0.315 e. The number of nitrogens with one attached hydrogen (secondary N) is 1. The van der Waals surface area contributed by atoms with Crippen molar-refractivity contribution in [2.45, 2.75) is 33.6 Å². The summed E-state index contributed by atoms with van der Waals surface area (Å²) in [5, 5.41) is 15.1. The van der Waals surface area contributed by atoms with E-state index in [1.165, 1.54) is 0 Å². The first-order chi connectivity index (χ1) is 7.57. The molecule has 6 heteroatoms. The van der Waals surface area contributed by atoms with Crippen molar-refractivity contribution in [2.75, 3.05) is 5.32 Å². The summed E-state index contributed by atoms with van der Waals surface area (Å²) in [6.07, 6.45) is 0.887. The van der Waals surface area contributed by atoms with E-state index in [1.54, 1.807) is 20.8 Å². The summed E-state index contributed by atoms with van der Waals surface area (Å²) in [6.45, 7) is 5.24. The number of anilines is 1. The number of rotatable bonds is 4. The van der Waals surface area contributed by atoms with Crippen LogP contribution in [-0.4, -0.2) is 16.0 Å². The van der Waals surface area contributed by atoms with E-state index in [0.717, 1.165) is 0 Å². The van der Waals surface area contributed by atoms with E-state index in [1.807, 2.05) is 6.07 Å². The van der Waals surface area contributed by atoms with Gasteiger partial charge in [-0.25, -0.2) is 0 Å². The number of aryl methyl sites for hydroxylation is 1. The first-order valence-electron chi connectivity index (χ1n) is 5.11. The van der Waals surface area contributed by atoms with E-state index in [0.29, 0.717) is 18.7 Å². The summed E-state index contributed by atoms with van der Waals surface area (Å²) in [4.78, 5) is 15.7. The predicted octanol–water partition coefficient (Wildman–Crippen LogP) is 1.65. The zero-order valence-electron chi connectivity index (χ0n) is 9.57. The number of nitrogens with zero attached hydrogens (tertiary/aromatic N) is 3. The summed E-state index contributed by atoms with van der Waals surface area (Å²) in [5.74, 6) is 0.0366. The lowest BCUT2D eigenvalue weighted by atomic mass is 9.83. The maximum Gasteiger partial charge on any atom is 0.328 e. The van der Waals surface area contributed by atoms with Gasteiger partial charge in [-0.3, -0.25) is 10.1 Å². The number of amides is 1. The number of aromatic nitrogens is 2. The Morgan fingerprint density at radius 1 is 1.56 bits per heavy atom. The van der Waals surface area contributed by atoms with Crippen molar-refractivity contribution < 1.29 is 9.32 Å². The molecule has 0 aliphatic heterocycles.